The van der Waals surface area contributed by atoms with Gasteiger partial charge in [0.15, 0.2) is 0 Å². The van der Waals surface area contributed by atoms with Gasteiger partial charge in [0.1, 0.15) is 23.2 Å². The molecule has 0 bridgehead atoms. The molecule has 0 saturated heterocycles. The highest BCUT2D eigenvalue weighted by Gasteiger charge is 2.34. The molecule has 0 aliphatic carbocycles. The number of rotatable bonds is 5. The first kappa shape index (κ1) is 21.3. The molecule has 2 aromatic carbocycles. The third-order valence-corrected chi connectivity index (χ3v) is 7.12. The van der Waals surface area contributed by atoms with Crippen LogP contribution >= 0.6 is 27.7 Å². The Hall–Kier alpha value is -2.89. The Labute approximate surface area is 194 Å². The minimum atomic E-state index is -0.189. The molecule has 0 radical (unpaired) electrons. The minimum absolute atomic E-state index is 0.0782. The number of benzene rings is 2. The number of hydrogen-bond donors (Lipinski definition) is 2. The van der Waals surface area contributed by atoms with Crippen molar-refractivity contribution in [2.24, 2.45) is 0 Å². The Balaban J connectivity index is 1.87. The lowest BCUT2D eigenvalue weighted by molar-refractivity contribution is 0.441. The van der Waals surface area contributed by atoms with E-state index in [4.69, 9.17) is 16.2 Å². The summed E-state index contributed by atoms with van der Waals surface area (Å²) in [5.41, 5.74) is 15.7. The molecular formula is C23H22BrN5OS. The number of thioether (sulfide) groups is 1. The number of fused-ring (bicyclic) bond motifs is 2. The monoisotopic (exact) mass is 495 g/mol. The maximum absolute atomic E-state index is 9.55. The van der Waals surface area contributed by atoms with E-state index in [0.717, 1.165) is 39.5 Å². The smallest absolute Gasteiger partial charge is 0.228 e. The van der Waals surface area contributed by atoms with Crippen molar-refractivity contribution in [3.05, 3.63) is 63.6 Å². The lowest BCUT2D eigenvalue weighted by atomic mass is 9.98. The van der Waals surface area contributed by atoms with E-state index in [2.05, 4.69) is 57.9 Å². The summed E-state index contributed by atoms with van der Waals surface area (Å²) >= 11 is 5.12. The molecule has 4 rings (SSSR count). The van der Waals surface area contributed by atoms with E-state index in [1.807, 2.05) is 30.3 Å². The van der Waals surface area contributed by atoms with Gasteiger partial charge in [0.2, 0.25) is 5.88 Å². The van der Waals surface area contributed by atoms with Gasteiger partial charge < -0.3 is 21.1 Å². The van der Waals surface area contributed by atoms with Crippen LogP contribution in [0.3, 0.4) is 0 Å². The van der Waals surface area contributed by atoms with Crippen molar-refractivity contribution in [2.75, 3.05) is 29.5 Å². The van der Waals surface area contributed by atoms with Gasteiger partial charge in [-0.15, -0.1) is 11.8 Å². The SMILES string of the molecule is CCN(CC)c1ccc2c(c1)Oc1nc(N)c(C#N)c(N)c1C2Sc1ccc(Br)cc1. The molecular weight excluding hydrogens is 474 g/mol. The second kappa shape index (κ2) is 8.69. The highest BCUT2D eigenvalue weighted by molar-refractivity contribution is 9.10. The average molecular weight is 496 g/mol. The second-order valence-electron chi connectivity index (χ2n) is 7.06. The standard InChI is InChI=1S/C23H22BrN5OS/c1-3-29(4-2)14-7-10-16-18(11-14)30-23-19(20(26)17(12-25)22(27)28-23)21(16)31-15-8-5-13(24)6-9-15/h5-11,21H,3-4H2,1-2H3,(H4,26,27,28). The molecule has 0 spiro atoms. The zero-order chi connectivity index (χ0) is 22.1. The van der Waals surface area contributed by atoms with E-state index >= 15 is 0 Å². The van der Waals surface area contributed by atoms with E-state index in [-0.39, 0.29) is 16.6 Å². The first-order valence-electron chi connectivity index (χ1n) is 9.94. The quantitative estimate of drug-likeness (QED) is 0.466. The van der Waals surface area contributed by atoms with Crippen LogP contribution in [-0.2, 0) is 0 Å². The summed E-state index contributed by atoms with van der Waals surface area (Å²) < 4.78 is 7.19. The molecule has 2 heterocycles. The van der Waals surface area contributed by atoms with Gasteiger partial charge in [0, 0.05) is 39.8 Å². The van der Waals surface area contributed by atoms with Crippen LogP contribution in [0.15, 0.2) is 51.8 Å². The van der Waals surface area contributed by atoms with Crippen LogP contribution in [0.1, 0.15) is 35.8 Å². The zero-order valence-electron chi connectivity index (χ0n) is 17.2. The van der Waals surface area contributed by atoms with Gasteiger partial charge in [-0.2, -0.15) is 10.2 Å². The summed E-state index contributed by atoms with van der Waals surface area (Å²) in [5, 5.41) is 9.36. The number of hydrogen-bond acceptors (Lipinski definition) is 7. The third-order valence-electron chi connectivity index (χ3n) is 5.32. The van der Waals surface area contributed by atoms with Gasteiger partial charge in [-0.1, -0.05) is 22.0 Å². The maximum atomic E-state index is 9.55. The Bertz CT molecular complexity index is 1170. The fourth-order valence-corrected chi connectivity index (χ4v) is 5.20. The summed E-state index contributed by atoms with van der Waals surface area (Å²) in [6.45, 7) is 6.04. The molecule has 1 aliphatic heterocycles. The van der Waals surface area contributed by atoms with Gasteiger partial charge in [0.25, 0.3) is 0 Å². The van der Waals surface area contributed by atoms with Gasteiger partial charge in [0.05, 0.1) is 16.5 Å². The van der Waals surface area contributed by atoms with Crippen LogP contribution in [0, 0.1) is 11.3 Å². The van der Waals surface area contributed by atoms with Crippen molar-refractivity contribution in [3.63, 3.8) is 0 Å². The number of ether oxygens (including phenoxy) is 1. The highest BCUT2D eigenvalue weighted by atomic mass is 79.9. The molecule has 0 saturated carbocycles. The van der Waals surface area contributed by atoms with Crippen molar-refractivity contribution in [3.8, 4) is 17.7 Å². The van der Waals surface area contributed by atoms with Crippen molar-refractivity contribution in [1.29, 1.82) is 5.26 Å². The van der Waals surface area contributed by atoms with Crippen molar-refractivity contribution in [1.82, 2.24) is 4.98 Å². The number of nitrogens with two attached hydrogens (primary N) is 2. The molecule has 0 fully saturated rings. The van der Waals surface area contributed by atoms with Crippen LogP contribution in [0.4, 0.5) is 17.2 Å². The molecule has 158 valence electrons. The molecule has 1 atom stereocenters. The van der Waals surface area contributed by atoms with Crippen molar-refractivity contribution >= 4 is 44.9 Å². The number of pyridine rings is 1. The fraction of sp³-hybridized carbons (Fsp3) is 0.217. The number of aromatic nitrogens is 1. The van der Waals surface area contributed by atoms with Crippen LogP contribution in [-0.4, -0.2) is 18.1 Å². The minimum Gasteiger partial charge on any atom is -0.438 e. The van der Waals surface area contributed by atoms with Gasteiger partial charge >= 0.3 is 0 Å². The lowest BCUT2D eigenvalue weighted by Crippen LogP contribution is -2.22. The molecule has 31 heavy (non-hydrogen) atoms. The van der Waals surface area contributed by atoms with Crippen LogP contribution < -0.4 is 21.1 Å². The summed E-state index contributed by atoms with van der Waals surface area (Å²) in [6.07, 6.45) is 0. The molecule has 4 N–H and O–H groups in total. The van der Waals surface area contributed by atoms with Gasteiger partial charge in [-0.3, -0.25) is 0 Å². The third kappa shape index (κ3) is 3.91. The number of nitrogen functional groups attached to an aromatic ring is 2. The zero-order valence-corrected chi connectivity index (χ0v) is 19.6. The van der Waals surface area contributed by atoms with E-state index in [0.29, 0.717) is 17.1 Å². The lowest BCUT2D eigenvalue weighted by Gasteiger charge is -2.30. The first-order chi connectivity index (χ1) is 15.0. The summed E-state index contributed by atoms with van der Waals surface area (Å²) in [6, 6.07) is 16.4. The predicted molar refractivity (Wildman–Crippen MR) is 130 cm³/mol. The molecule has 8 heteroatoms. The Morgan fingerprint density at radius 2 is 1.87 bits per heavy atom. The Morgan fingerprint density at radius 1 is 1.16 bits per heavy atom. The highest BCUT2D eigenvalue weighted by Crippen LogP contribution is 2.54. The maximum Gasteiger partial charge on any atom is 0.228 e. The number of nitriles is 1. The molecule has 1 aliphatic rings. The molecule has 3 aromatic rings. The van der Waals surface area contributed by atoms with E-state index in [1.54, 1.807) is 11.8 Å². The number of anilines is 3. The largest absolute Gasteiger partial charge is 0.438 e. The fourth-order valence-electron chi connectivity index (χ4n) is 3.71. The van der Waals surface area contributed by atoms with Crippen molar-refractivity contribution < 1.29 is 4.74 Å². The normalized spacial score (nSPS) is 14.2. The topological polar surface area (TPSA) is 101 Å². The van der Waals surface area contributed by atoms with Crippen LogP contribution in [0.25, 0.3) is 0 Å². The van der Waals surface area contributed by atoms with Gasteiger partial charge in [-0.25, -0.2) is 0 Å². The molecule has 6 nitrogen and oxygen atoms in total. The van der Waals surface area contributed by atoms with Gasteiger partial charge in [-0.05, 0) is 44.2 Å². The summed E-state index contributed by atoms with van der Waals surface area (Å²) in [4.78, 5) is 7.70. The number of nitrogens with zero attached hydrogens (tertiary/aromatic N) is 3. The van der Waals surface area contributed by atoms with E-state index in [1.165, 1.54) is 0 Å². The molecule has 1 aromatic heterocycles. The predicted octanol–water partition coefficient (Wildman–Crippen LogP) is 5.71. The average Bonchev–Trinajstić information content (AvgIpc) is 2.76. The summed E-state index contributed by atoms with van der Waals surface area (Å²) in [7, 11) is 0. The Morgan fingerprint density at radius 3 is 2.52 bits per heavy atom. The number of halogens is 1. The van der Waals surface area contributed by atoms with Crippen LogP contribution in [0.5, 0.6) is 11.6 Å². The Kier molecular flexibility index (Phi) is 5.99. The first-order valence-corrected chi connectivity index (χ1v) is 11.6. The van der Waals surface area contributed by atoms with Crippen molar-refractivity contribution in [2.45, 2.75) is 24.0 Å². The van der Waals surface area contributed by atoms with E-state index < -0.39 is 0 Å². The molecule has 1 unspecified atom stereocenters. The van der Waals surface area contributed by atoms with Crippen LogP contribution in [0.2, 0.25) is 0 Å². The summed E-state index contributed by atoms with van der Waals surface area (Å²) in [5.74, 6) is 1.16. The van der Waals surface area contributed by atoms with E-state index in [9.17, 15) is 5.26 Å². The molecule has 0 amide bonds. The second-order valence-corrected chi connectivity index (χ2v) is 9.16.